The first-order valence-corrected chi connectivity index (χ1v) is 6.10. The third-order valence-corrected chi connectivity index (χ3v) is 3.16. The molecule has 0 saturated carbocycles. The minimum absolute atomic E-state index is 0.00987. The summed E-state index contributed by atoms with van der Waals surface area (Å²) in [5, 5.41) is 0. The second-order valence-electron chi connectivity index (χ2n) is 3.03. The minimum atomic E-state index is 0.00987. The second-order valence-corrected chi connectivity index (χ2v) is 4.99. The molecular weight excluding hydrogens is 406 g/mol. The normalized spacial score (nSPS) is 10.0. The molecule has 0 aliphatic heterocycles. The van der Waals surface area contributed by atoms with Crippen LogP contribution in [0.15, 0.2) is 12.1 Å². The summed E-state index contributed by atoms with van der Waals surface area (Å²) in [7, 11) is 0. The summed E-state index contributed by atoms with van der Waals surface area (Å²) in [6.45, 7) is 3.68. The van der Waals surface area contributed by atoms with E-state index in [0.29, 0.717) is 11.1 Å². The Morgan fingerprint density at radius 2 is 1.21 bits per heavy atom. The van der Waals surface area contributed by atoms with Crippen LogP contribution in [0, 0.1) is 13.8 Å². The van der Waals surface area contributed by atoms with Gasteiger partial charge in [-0.2, -0.15) is 0 Å². The van der Waals surface area contributed by atoms with Crippen molar-refractivity contribution in [2.45, 2.75) is 13.8 Å². The molecule has 0 saturated heterocycles. The Morgan fingerprint density at radius 1 is 0.929 bits per heavy atom. The lowest BCUT2D eigenvalue weighted by molar-refractivity contribution is 0.109. The molecule has 0 aliphatic rings. The number of aryl methyl sites for hydroxylation is 2. The molecule has 74 valence electrons. The molecule has 2 nitrogen and oxygen atoms in total. The molecule has 14 heavy (non-hydrogen) atoms. The molecule has 4 heteroatoms. The molecule has 1 rings (SSSR count). The van der Waals surface area contributed by atoms with Crippen LogP contribution < -0.4 is 0 Å². The fourth-order valence-corrected chi connectivity index (χ4v) is 2.40. The van der Waals surface area contributed by atoms with E-state index in [2.05, 4.69) is 0 Å². The topological polar surface area (TPSA) is 34.1 Å². The molecule has 0 unspecified atom stereocenters. The molecule has 0 atom stereocenters. The van der Waals surface area contributed by atoms with Crippen molar-refractivity contribution in [3.63, 3.8) is 0 Å². The monoisotopic (exact) mass is 414 g/mol. The molecule has 0 amide bonds. The van der Waals surface area contributed by atoms with Gasteiger partial charge in [-0.25, -0.2) is 0 Å². The maximum atomic E-state index is 11.2. The molecular formula is C10H8I2O2. The van der Waals surface area contributed by atoms with Gasteiger partial charge in [0.15, 0.2) is 0 Å². The van der Waals surface area contributed by atoms with Crippen molar-refractivity contribution >= 4 is 52.8 Å². The minimum Gasteiger partial charge on any atom is -0.282 e. The molecule has 0 aliphatic carbocycles. The summed E-state index contributed by atoms with van der Waals surface area (Å²) < 4.78 is 0.0197. The van der Waals surface area contributed by atoms with E-state index in [9.17, 15) is 9.59 Å². The van der Waals surface area contributed by atoms with Crippen LogP contribution in [0.4, 0.5) is 0 Å². The first kappa shape index (κ1) is 12.1. The van der Waals surface area contributed by atoms with Gasteiger partial charge < -0.3 is 0 Å². The fraction of sp³-hybridized carbons (Fsp3) is 0.200. The molecule has 1 aromatic rings. The average Bonchev–Trinajstić information content (AvgIpc) is 2.07. The van der Waals surface area contributed by atoms with E-state index in [1.165, 1.54) is 0 Å². The Morgan fingerprint density at radius 3 is 1.43 bits per heavy atom. The van der Waals surface area contributed by atoms with Crippen LogP contribution in [-0.4, -0.2) is 7.58 Å². The Bertz CT molecular complexity index is 371. The molecule has 0 fully saturated rings. The van der Waals surface area contributed by atoms with Crippen molar-refractivity contribution in [1.29, 1.82) is 0 Å². The molecule has 0 spiro atoms. The van der Waals surface area contributed by atoms with Gasteiger partial charge in [0, 0.05) is 56.3 Å². The molecule has 0 bridgehead atoms. The van der Waals surface area contributed by atoms with E-state index >= 15 is 0 Å². The summed E-state index contributed by atoms with van der Waals surface area (Å²) in [6, 6.07) is 3.55. The van der Waals surface area contributed by atoms with Crippen LogP contribution in [-0.2, 0) is 0 Å². The molecule has 1 aromatic carbocycles. The Balaban J connectivity index is 3.38. The highest BCUT2D eigenvalue weighted by Gasteiger charge is 2.11. The van der Waals surface area contributed by atoms with Crippen LogP contribution in [0.25, 0.3) is 0 Å². The Labute approximate surface area is 110 Å². The second kappa shape index (κ2) is 4.69. The number of rotatable bonds is 2. The van der Waals surface area contributed by atoms with Gasteiger partial charge in [-0.05, 0) is 37.1 Å². The van der Waals surface area contributed by atoms with Crippen LogP contribution in [0.5, 0.6) is 0 Å². The lowest BCUT2D eigenvalue weighted by Gasteiger charge is -2.06. The van der Waals surface area contributed by atoms with Crippen molar-refractivity contribution in [3.05, 3.63) is 34.4 Å². The highest BCUT2D eigenvalue weighted by atomic mass is 127. The van der Waals surface area contributed by atoms with E-state index < -0.39 is 0 Å². The SMILES string of the molecule is Cc1cc(C(=O)I)c(C)cc1C(=O)I. The predicted octanol–water partition coefficient (Wildman–Crippen LogP) is 3.45. The first-order chi connectivity index (χ1) is 6.43. The number of halogens is 2. The summed E-state index contributed by atoms with van der Waals surface area (Å²) in [4.78, 5) is 22.4. The van der Waals surface area contributed by atoms with Gasteiger partial charge in [-0.3, -0.25) is 9.59 Å². The molecule has 0 radical (unpaired) electrons. The summed E-state index contributed by atoms with van der Waals surface area (Å²) in [5.74, 6) is 0. The van der Waals surface area contributed by atoms with Gasteiger partial charge in [0.1, 0.15) is 0 Å². The number of benzene rings is 1. The summed E-state index contributed by atoms with van der Waals surface area (Å²) >= 11 is 3.51. The zero-order chi connectivity index (χ0) is 10.9. The summed E-state index contributed by atoms with van der Waals surface area (Å²) in [6.07, 6.45) is 0. The van der Waals surface area contributed by atoms with E-state index in [1.54, 1.807) is 57.3 Å². The predicted molar refractivity (Wildman–Crippen MR) is 72.6 cm³/mol. The van der Waals surface area contributed by atoms with Gasteiger partial charge in [0.2, 0.25) is 7.58 Å². The Hall–Kier alpha value is 0.0200. The van der Waals surface area contributed by atoms with Gasteiger partial charge in [-0.15, -0.1) is 0 Å². The van der Waals surface area contributed by atoms with Crippen molar-refractivity contribution < 1.29 is 9.59 Å². The standard InChI is InChI=1S/C10H8I2O2/c1-5-3-8(10(12)14)6(2)4-7(5)9(11)13/h3-4H,1-2H3. The molecule has 0 aromatic heterocycles. The van der Waals surface area contributed by atoms with E-state index in [1.807, 2.05) is 13.8 Å². The quantitative estimate of drug-likeness (QED) is 0.549. The lowest BCUT2D eigenvalue weighted by atomic mass is 10.0. The third-order valence-electron chi connectivity index (χ3n) is 1.99. The van der Waals surface area contributed by atoms with Crippen molar-refractivity contribution in [1.82, 2.24) is 0 Å². The third kappa shape index (κ3) is 2.53. The molecule has 0 heterocycles. The zero-order valence-electron chi connectivity index (χ0n) is 7.73. The first-order valence-electron chi connectivity index (χ1n) is 3.94. The zero-order valence-corrected chi connectivity index (χ0v) is 12.0. The number of hydrogen-bond donors (Lipinski definition) is 0. The number of carbonyl (C=O) groups is 2. The van der Waals surface area contributed by atoms with Gasteiger partial charge in [0.05, 0.1) is 0 Å². The smallest absolute Gasteiger partial charge is 0.222 e. The maximum Gasteiger partial charge on any atom is 0.222 e. The van der Waals surface area contributed by atoms with Crippen LogP contribution in [0.1, 0.15) is 31.8 Å². The van der Waals surface area contributed by atoms with Gasteiger partial charge in [-0.1, -0.05) is 0 Å². The lowest BCUT2D eigenvalue weighted by Crippen LogP contribution is -2.00. The molecule has 0 N–H and O–H groups in total. The number of hydrogen-bond acceptors (Lipinski definition) is 2. The largest absolute Gasteiger partial charge is 0.282 e. The van der Waals surface area contributed by atoms with Crippen molar-refractivity contribution in [2.75, 3.05) is 0 Å². The van der Waals surface area contributed by atoms with Crippen LogP contribution >= 0.6 is 45.2 Å². The number of carbonyl (C=O) groups excluding carboxylic acids is 2. The highest BCUT2D eigenvalue weighted by molar-refractivity contribution is 14.1. The Kier molecular flexibility index (Phi) is 4.05. The van der Waals surface area contributed by atoms with Crippen molar-refractivity contribution in [3.8, 4) is 0 Å². The maximum absolute atomic E-state index is 11.2. The van der Waals surface area contributed by atoms with Gasteiger partial charge in [0.25, 0.3) is 0 Å². The van der Waals surface area contributed by atoms with Crippen LogP contribution in [0.3, 0.4) is 0 Å². The average molecular weight is 414 g/mol. The van der Waals surface area contributed by atoms with Crippen molar-refractivity contribution in [2.24, 2.45) is 0 Å². The highest BCUT2D eigenvalue weighted by Crippen LogP contribution is 2.20. The summed E-state index contributed by atoms with van der Waals surface area (Å²) in [5.41, 5.74) is 3.08. The van der Waals surface area contributed by atoms with E-state index in [0.717, 1.165) is 11.1 Å². The fourth-order valence-electron chi connectivity index (χ4n) is 1.24. The van der Waals surface area contributed by atoms with Gasteiger partial charge >= 0.3 is 0 Å². The van der Waals surface area contributed by atoms with Crippen LogP contribution in [0.2, 0.25) is 0 Å². The van der Waals surface area contributed by atoms with E-state index in [-0.39, 0.29) is 7.58 Å². The van der Waals surface area contributed by atoms with E-state index in [4.69, 9.17) is 0 Å².